The summed E-state index contributed by atoms with van der Waals surface area (Å²) >= 11 is 0. The summed E-state index contributed by atoms with van der Waals surface area (Å²) in [5, 5.41) is 1.13. The lowest BCUT2D eigenvalue weighted by atomic mass is 10.0. The van der Waals surface area contributed by atoms with Gasteiger partial charge >= 0.3 is 0 Å². The van der Waals surface area contributed by atoms with Crippen LogP contribution in [0.1, 0.15) is 22.4 Å². The Morgan fingerprint density at radius 3 is 2.74 bits per heavy atom. The highest BCUT2D eigenvalue weighted by atomic mass is 16.5. The number of benzene rings is 1. The van der Waals surface area contributed by atoms with E-state index in [0.717, 1.165) is 55.0 Å². The highest BCUT2D eigenvalue weighted by Crippen LogP contribution is 2.28. The molecule has 1 aliphatic rings. The maximum Gasteiger partial charge on any atom is 0.160 e. The van der Waals surface area contributed by atoms with Crippen LogP contribution in [0.4, 0.5) is 0 Å². The molecule has 0 saturated carbocycles. The van der Waals surface area contributed by atoms with E-state index < -0.39 is 0 Å². The van der Waals surface area contributed by atoms with E-state index in [-0.39, 0.29) is 0 Å². The maximum absolute atomic E-state index is 5.41. The van der Waals surface area contributed by atoms with Crippen LogP contribution in [-0.2, 0) is 19.4 Å². The standard InChI is InChI=1S/C22H25N3O2/c1-15-10-17-12-18-14-25(9-7-19(18)24-22(17)23-13-15)8-6-16-4-5-20(26-2)21(11-16)27-3/h4-5,10-13H,6-9,14H2,1-3H3. The molecule has 5 heteroatoms. The molecule has 3 aromatic rings. The second-order valence-electron chi connectivity index (χ2n) is 7.12. The Bertz CT molecular complexity index is 971. The number of pyridine rings is 2. The SMILES string of the molecule is COc1ccc(CCN2CCc3nc4ncc(C)cc4cc3C2)cc1OC. The minimum atomic E-state index is 0.773. The quantitative estimate of drug-likeness (QED) is 0.694. The predicted octanol–water partition coefficient (Wildman–Crippen LogP) is 3.56. The monoisotopic (exact) mass is 363 g/mol. The number of fused-ring (bicyclic) bond motifs is 2. The third-order valence-electron chi connectivity index (χ3n) is 5.20. The molecule has 1 aliphatic heterocycles. The molecule has 4 rings (SSSR count). The summed E-state index contributed by atoms with van der Waals surface area (Å²) in [6.45, 7) is 5.06. The van der Waals surface area contributed by atoms with Crippen molar-refractivity contribution >= 4 is 11.0 Å². The van der Waals surface area contributed by atoms with Crippen LogP contribution in [0.25, 0.3) is 11.0 Å². The molecule has 2 aromatic heterocycles. The van der Waals surface area contributed by atoms with Crippen molar-refractivity contribution in [3.63, 3.8) is 0 Å². The third kappa shape index (κ3) is 3.74. The van der Waals surface area contributed by atoms with E-state index in [2.05, 4.69) is 41.1 Å². The Kier molecular flexibility index (Phi) is 4.94. The average molecular weight is 363 g/mol. The van der Waals surface area contributed by atoms with E-state index >= 15 is 0 Å². The van der Waals surface area contributed by atoms with E-state index in [4.69, 9.17) is 14.5 Å². The summed E-state index contributed by atoms with van der Waals surface area (Å²) in [4.78, 5) is 11.7. The molecular weight excluding hydrogens is 338 g/mol. The lowest BCUT2D eigenvalue weighted by Gasteiger charge is -2.28. The minimum absolute atomic E-state index is 0.773. The second-order valence-corrected chi connectivity index (χ2v) is 7.12. The summed E-state index contributed by atoms with van der Waals surface area (Å²) in [6, 6.07) is 10.6. The lowest BCUT2D eigenvalue weighted by Crippen LogP contribution is -2.32. The van der Waals surface area contributed by atoms with Crippen molar-refractivity contribution in [2.75, 3.05) is 27.3 Å². The smallest absolute Gasteiger partial charge is 0.160 e. The zero-order chi connectivity index (χ0) is 18.8. The van der Waals surface area contributed by atoms with Gasteiger partial charge in [-0.25, -0.2) is 9.97 Å². The Hall–Kier alpha value is -2.66. The van der Waals surface area contributed by atoms with Crippen LogP contribution in [0, 0.1) is 6.92 Å². The number of aryl methyl sites for hydroxylation is 1. The van der Waals surface area contributed by atoms with Crippen LogP contribution < -0.4 is 9.47 Å². The number of methoxy groups -OCH3 is 2. The highest BCUT2D eigenvalue weighted by molar-refractivity contribution is 5.76. The molecule has 27 heavy (non-hydrogen) atoms. The van der Waals surface area contributed by atoms with Gasteiger partial charge in [0.2, 0.25) is 0 Å². The van der Waals surface area contributed by atoms with Gasteiger partial charge in [-0.1, -0.05) is 6.07 Å². The largest absolute Gasteiger partial charge is 0.493 e. The van der Waals surface area contributed by atoms with Crippen molar-refractivity contribution in [1.82, 2.24) is 14.9 Å². The van der Waals surface area contributed by atoms with Crippen molar-refractivity contribution < 1.29 is 9.47 Å². The molecule has 0 aliphatic carbocycles. The average Bonchev–Trinajstić information content (AvgIpc) is 2.70. The third-order valence-corrected chi connectivity index (χ3v) is 5.20. The van der Waals surface area contributed by atoms with Gasteiger partial charge in [0.1, 0.15) is 0 Å². The molecule has 0 radical (unpaired) electrons. The van der Waals surface area contributed by atoms with Crippen molar-refractivity contribution in [2.24, 2.45) is 0 Å². The molecule has 5 nitrogen and oxygen atoms in total. The molecule has 3 heterocycles. The molecule has 0 atom stereocenters. The Morgan fingerprint density at radius 1 is 1.07 bits per heavy atom. The normalized spacial score (nSPS) is 14.2. The number of hydrogen-bond acceptors (Lipinski definition) is 5. The van der Waals surface area contributed by atoms with Gasteiger partial charge < -0.3 is 9.47 Å². The molecule has 0 spiro atoms. The second kappa shape index (κ2) is 7.53. The first-order valence-corrected chi connectivity index (χ1v) is 9.34. The van der Waals surface area contributed by atoms with E-state index in [0.29, 0.717) is 0 Å². The Balaban J connectivity index is 1.46. The highest BCUT2D eigenvalue weighted by Gasteiger charge is 2.18. The van der Waals surface area contributed by atoms with Crippen LogP contribution in [-0.4, -0.2) is 42.2 Å². The van der Waals surface area contributed by atoms with E-state index in [1.807, 2.05) is 12.3 Å². The number of nitrogens with zero attached hydrogens (tertiary/aromatic N) is 3. The molecular formula is C22H25N3O2. The van der Waals surface area contributed by atoms with Gasteiger partial charge in [-0.15, -0.1) is 0 Å². The fourth-order valence-corrected chi connectivity index (χ4v) is 3.71. The van der Waals surface area contributed by atoms with Gasteiger partial charge in [0.15, 0.2) is 17.1 Å². The van der Waals surface area contributed by atoms with Crippen LogP contribution >= 0.6 is 0 Å². The number of ether oxygens (including phenoxy) is 2. The lowest BCUT2D eigenvalue weighted by molar-refractivity contribution is 0.255. The van der Waals surface area contributed by atoms with Crippen LogP contribution in [0.15, 0.2) is 36.5 Å². The molecule has 0 N–H and O–H groups in total. The summed E-state index contributed by atoms with van der Waals surface area (Å²) in [7, 11) is 3.34. The van der Waals surface area contributed by atoms with Gasteiger partial charge in [-0.05, 0) is 54.3 Å². The fraction of sp³-hybridized carbons (Fsp3) is 0.364. The van der Waals surface area contributed by atoms with Crippen LogP contribution in [0.2, 0.25) is 0 Å². The Labute approximate surface area is 160 Å². The first kappa shape index (κ1) is 17.7. The number of rotatable bonds is 5. The van der Waals surface area contributed by atoms with Gasteiger partial charge in [-0.3, -0.25) is 4.90 Å². The summed E-state index contributed by atoms with van der Waals surface area (Å²) in [5.41, 5.74) is 5.81. The van der Waals surface area contributed by atoms with Crippen molar-refractivity contribution in [3.8, 4) is 11.5 Å². The van der Waals surface area contributed by atoms with Crippen molar-refractivity contribution in [1.29, 1.82) is 0 Å². The molecule has 0 amide bonds. The first-order chi connectivity index (χ1) is 13.2. The topological polar surface area (TPSA) is 47.5 Å². The number of hydrogen-bond donors (Lipinski definition) is 0. The minimum Gasteiger partial charge on any atom is -0.493 e. The van der Waals surface area contributed by atoms with Crippen LogP contribution in [0.5, 0.6) is 11.5 Å². The molecule has 140 valence electrons. The van der Waals surface area contributed by atoms with Crippen molar-refractivity contribution in [2.45, 2.75) is 26.3 Å². The first-order valence-electron chi connectivity index (χ1n) is 9.34. The summed E-state index contributed by atoms with van der Waals surface area (Å²) < 4.78 is 10.7. The summed E-state index contributed by atoms with van der Waals surface area (Å²) in [5.74, 6) is 1.56. The molecule has 1 aromatic carbocycles. The van der Waals surface area contributed by atoms with Gasteiger partial charge in [-0.2, -0.15) is 0 Å². The van der Waals surface area contributed by atoms with Crippen molar-refractivity contribution in [3.05, 3.63) is 58.9 Å². The Morgan fingerprint density at radius 2 is 1.93 bits per heavy atom. The van der Waals surface area contributed by atoms with E-state index in [9.17, 15) is 0 Å². The molecule has 0 bridgehead atoms. The van der Waals surface area contributed by atoms with Gasteiger partial charge in [0.05, 0.1) is 14.2 Å². The summed E-state index contributed by atoms with van der Waals surface area (Å²) in [6.07, 6.45) is 3.85. The van der Waals surface area contributed by atoms with E-state index in [1.54, 1.807) is 14.2 Å². The maximum atomic E-state index is 5.41. The molecule has 0 unspecified atom stereocenters. The molecule has 0 saturated heterocycles. The molecule has 0 fully saturated rings. The number of aromatic nitrogens is 2. The predicted molar refractivity (Wildman–Crippen MR) is 107 cm³/mol. The van der Waals surface area contributed by atoms with Gasteiger partial charge in [0.25, 0.3) is 0 Å². The zero-order valence-corrected chi connectivity index (χ0v) is 16.2. The van der Waals surface area contributed by atoms with E-state index in [1.165, 1.54) is 22.4 Å². The fourth-order valence-electron chi connectivity index (χ4n) is 3.71. The van der Waals surface area contributed by atoms with Gasteiger partial charge in [0, 0.05) is 43.3 Å². The van der Waals surface area contributed by atoms with Crippen LogP contribution in [0.3, 0.4) is 0 Å². The zero-order valence-electron chi connectivity index (χ0n) is 16.2.